The third kappa shape index (κ3) is 3.31. The number of nitrogens with one attached hydrogen (secondary N) is 1. The molecule has 2 saturated carbocycles. The Morgan fingerprint density at radius 3 is 2.33 bits per heavy atom. The van der Waals surface area contributed by atoms with Gasteiger partial charge in [-0.1, -0.05) is 0 Å². The van der Waals surface area contributed by atoms with Crippen LogP contribution in [0.1, 0.15) is 51.4 Å². The van der Waals surface area contributed by atoms with E-state index in [1.807, 2.05) is 4.90 Å². The Balaban J connectivity index is 1.26. The predicted molar refractivity (Wildman–Crippen MR) is 92.5 cm³/mol. The Morgan fingerprint density at radius 1 is 1.12 bits per heavy atom. The smallest absolute Gasteiger partial charge is 0.231 e. The van der Waals surface area contributed by atoms with Gasteiger partial charge >= 0.3 is 0 Å². The minimum absolute atomic E-state index is 0.0196. The fourth-order valence-electron chi connectivity index (χ4n) is 4.21. The maximum atomic E-state index is 13.2. The van der Waals surface area contributed by atoms with Gasteiger partial charge in [-0.15, -0.1) is 0 Å². The molecule has 4 rings (SSSR count). The van der Waals surface area contributed by atoms with Crippen LogP contribution in [-0.2, 0) is 9.59 Å². The molecular weight excluding hydrogens is 327 g/mol. The van der Waals surface area contributed by atoms with Crippen LogP contribution < -0.4 is 5.32 Å². The second-order valence-corrected chi connectivity index (χ2v) is 9.67. The average Bonchev–Trinajstić information content (AvgIpc) is 3.50. The van der Waals surface area contributed by atoms with Crippen molar-refractivity contribution in [1.82, 2.24) is 10.2 Å². The Hall–Kier alpha value is -0.780. The molecule has 2 saturated heterocycles. The molecule has 134 valence electrons. The highest BCUT2D eigenvalue weighted by atomic mass is 32.2. The summed E-state index contributed by atoms with van der Waals surface area (Å²) >= 11 is 2.06. The van der Waals surface area contributed by atoms with E-state index in [1.165, 1.54) is 12.8 Å². The molecule has 0 aromatic rings. The van der Waals surface area contributed by atoms with Crippen molar-refractivity contribution >= 4 is 23.6 Å². The lowest BCUT2D eigenvalue weighted by Gasteiger charge is -2.28. The van der Waals surface area contributed by atoms with E-state index in [4.69, 9.17) is 0 Å². The second kappa shape index (κ2) is 6.50. The van der Waals surface area contributed by atoms with E-state index < -0.39 is 12.1 Å². The average molecular weight is 354 g/mol. The van der Waals surface area contributed by atoms with Crippen molar-refractivity contribution in [3.8, 4) is 0 Å². The maximum Gasteiger partial charge on any atom is 0.231 e. The van der Waals surface area contributed by atoms with Crippen molar-refractivity contribution in [3.63, 3.8) is 0 Å². The molecule has 24 heavy (non-hydrogen) atoms. The third-order valence-electron chi connectivity index (χ3n) is 6.12. The van der Waals surface area contributed by atoms with Crippen LogP contribution >= 0.6 is 11.8 Å². The predicted octanol–water partition coefficient (Wildman–Crippen LogP) is 2.52. The fourth-order valence-corrected chi connectivity index (χ4v) is 5.99. The molecular formula is C18H27FN2O2S. The molecule has 0 spiro atoms. The lowest BCUT2D eigenvalue weighted by atomic mass is 9.98. The number of thioether (sulfide) groups is 1. The summed E-state index contributed by atoms with van der Waals surface area (Å²) < 4.78 is 13.2. The van der Waals surface area contributed by atoms with Gasteiger partial charge in [0.25, 0.3) is 0 Å². The standard InChI is InChI=1S/C18H27FN2O2S/c19-11-18(5-6-18)17(23)21(13-1-2-13)8-7-20-16(22)12-9-14-3-4-15(10-12)24-14/h12-15H,1-11H2,(H,20,22). The molecule has 2 unspecified atom stereocenters. The lowest BCUT2D eigenvalue weighted by Crippen LogP contribution is -2.45. The molecule has 4 nitrogen and oxygen atoms in total. The van der Waals surface area contributed by atoms with E-state index in [2.05, 4.69) is 17.1 Å². The van der Waals surface area contributed by atoms with Crippen molar-refractivity contribution in [2.24, 2.45) is 11.3 Å². The molecule has 2 amide bonds. The topological polar surface area (TPSA) is 49.4 Å². The molecule has 2 aliphatic heterocycles. The van der Waals surface area contributed by atoms with E-state index in [0.29, 0.717) is 36.4 Å². The Bertz CT molecular complexity index is 509. The van der Waals surface area contributed by atoms with Gasteiger partial charge in [-0.3, -0.25) is 9.59 Å². The Morgan fingerprint density at radius 2 is 1.79 bits per heavy atom. The summed E-state index contributed by atoms with van der Waals surface area (Å²) in [5.74, 6) is 0.283. The number of halogens is 1. The zero-order valence-corrected chi connectivity index (χ0v) is 15.0. The van der Waals surface area contributed by atoms with Gasteiger partial charge in [0.05, 0.1) is 5.41 Å². The molecule has 6 heteroatoms. The Labute approximate surface area is 147 Å². The van der Waals surface area contributed by atoms with Crippen molar-refractivity contribution < 1.29 is 14.0 Å². The number of carbonyl (C=O) groups is 2. The number of nitrogens with zero attached hydrogens (tertiary/aromatic N) is 1. The van der Waals surface area contributed by atoms with Gasteiger partial charge in [-0.2, -0.15) is 11.8 Å². The molecule has 0 radical (unpaired) electrons. The molecule has 2 heterocycles. The van der Waals surface area contributed by atoms with Gasteiger partial charge in [0.2, 0.25) is 11.8 Å². The summed E-state index contributed by atoms with van der Waals surface area (Å²) in [7, 11) is 0. The van der Waals surface area contributed by atoms with Crippen LogP contribution in [-0.4, -0.2) is 53.0 Å². The van der Waals surface area contributed by atoms with E-state index in [0.717, 1.165) is 25.7 Å². The summed E-state index contributed by atoms with van der Waals surface area (Å²) in [4.78, 5) is 26.9. The monoisotopic (exact) mass is 354 g/mol. The maximum absolute atomic E-state index is 13.2. The minimum Gasteiger partial charge on any atom is -0.354 e. The first-order valence-electron chi connectivity index (χ1n) is 9.41. The van der Waals surface area contributed by atoms with Gasteiger partial charge in [-0.25, -0.2) is 4.39 Å². The molecule has 2 atom stereocenters. The van der Waals surface area contributed by atoms with Gasteiger partial charge < -0.3 is 10.2 Å². The number of rotatable bonds is 7. The van der Waals surface area contributed by atoms with Crippen LogP contribution in [0.5, 0.6) is 0 Å². The molecule has 0 aromatic carbocycles. The van der Waals surface area contributed by atoms with E-state index in [9.17, 15) is 14.0 Å². The highest BCUT2D eigenvalue weighted by molar-refractivity contribution is 8.00. The molecule has 0 aromatic heterocycles. The van der Waals surface area contributed by atoms with Crippen LogP contribution in [0.25, 0.3) is 0 Å². The van der Waals surface area contributed by atoms with Crippen LogP contribution in [0, 0.1) is 11.3 Å². The number of hydrogen-bond donors (Lipinski definition) is 1. The molecule has 2 aliphatic carbocycles. The Kier molecular flexibility index (Phi) is 4.52. The van der Waals surface area contributed by atoms with Gasteiger partial charge in [-0.05, 0) is 51.4 Å². The molecule has 4 aliphatic rings. The largest absolute Gasteiger partial charge is 0.354 e. The van der Waals surface area contributed by atoms with Crippen LogP contribution in [0.2, 0.25) is 0 Å². The van der Waals surface area contributed by atoms with E-state index >= 15 is 0 Å². The highest BCUT2D eigenvalue weighted by Crippen LogP contribution is 2.49. The fraction of sp³-hybridized carbons (Fsp3) is 0.889. The zero-order valence-electron chi connectivity index (χ0n) is 14.1. The number of hydrogen-bond acceptors (Lipinski definition) is 3. The number of amides is 2. The van der Waals surface area contributed by atoms with Crippen LogP contribution in [0.15, 0.2) is 0 Å². The summed E-state index contributed by atoms with van der Waals surface area (Å²) in [6.07, 6.45) is 7.92. The minimum atomic E-state index is -0.716. The first-order valence-corrected chi connectivity index (χ1v) is 10.4. The summed E-state index contributed by atoms with van der Waals surface area (Å²) in [6, 6.07) is 0.278. The number of alkyl halides is 1. The second-order valence-electron chi connectivity index (χ2n) is 8.06. The number of fused-ring (bicyclic) bond motifs is 2. The SMILES string of the molecule is O=C(NCCN(C(=O)C1(CF)CC1)C1CC1)C1CC2CCC(C1)S2. The lowest BCUT2D eigenvalue weighted by molar-refractivity contribution is -0.138. The van der Waals surface area contributed by atoms with Gasteiger partial charge in [0.1, 0.15) is 6.67 Å². The van der Waals surface area contributed by atoms with E-state index in [1.54, 1.807) is 0 Å². The zero-order chi connectivity index (χ0) is 16.7. The van der Waals surface area contributed by atoms with Crippen LogP contribution in [0.3, 0.4) is 0 Å². The van der Waals surface area contributed by atoms with Crippen LogP contribution in [0.4, 0.5) is 4.39 Å². The quantitative estimate of drug-likeness (QED) is 0.764. The highest BCUT2D eigenvalue weighted by Gasteiger charge is 2.53. The summed E-state index contributed by atoms with van der Waals surface area (Å²) in [5, 5.41) is 4.38. The first-order chi connectivity index (χ1) is 11.6. The summed E-state index contributed by atoms with van der Waals surface area (Å²) in [5.41, 5.74) is -0.716. The van der Waals surface area contributed by atoms with Gasteiger partial charge in [0.15, 0.2) is 0 Å². The molecule has 4 fully saturated rings. The molecule has 1 N–H and O–H groups in total. The summed E-state index contributed by atoms with van der Waals surface area (Å²) in [6.45, 7) is 0.498. The van der Waals surface area contributed by atoms with Crippen molar-refractivity contribution in [1.29, 1.82) is 0 Å². The van der Waals surface area contributed by atoms with Gasteiger partial charge in [0, 0.05) is 35.5 Å². The van der Waals surface area contributed by atoms with Crippen molar-refractivity contribution in [2.45, 2.75) is 67.9 Å². The third-order valence-corrected chi connectivity index (χ3v) is 7.75. The van der Waals surface area contributed by atoms with E-state index in [-0.39, 0.29) is 23.8 Å². The molecule has 2 bridgehead atoms. The normalized spacial score (nSPS) is 33.1. The van der Waals surface area contributed by atoms with Crippen molar-refractivity contribution in [3.05, 3.63) is 0 Å². The van der Waals surface area contributed by atoms with Crippen molar-refractivity contribution in [2.75, 3.05) is 19.8 Å². The first kappa shape index (κ1) is 16.7. The number of carbonyl (C=O) groups excluding carboxylic acids is 2.